The molecule has 0 atom stereocenters. The van der Waals surface area contributed by atoms with Crippen LogP contribution in [0.1, 0.15) is 12.8 Å². The lowest BCUT2D eigenvalue weighted by molar-refractivity contribution is 1.00. The van der Waals surface area contributed by atoms with Crippen LogP contribution < -0.4 is 16.4 Å². The number of nitrogens with zero attached hydrogens (tertiary/aromatic N) is 2. The summed E-state index contributed by atoms with van der Waals surface area (Å²) >= 11 is 0. The number of nitrogens with one attached hydrogen (secondary N) is 2. The Kier molecular flexibility index (Phi) is 2.78. The number of anilines is 2. The van der Waals surface area contributed by atoms with Gasteiger partial charge >= 0.3 is 0 Å². The van der Waals surface area contributed by atoms with E-state index in [1.807, 2.05) is 6.07 Å². The minimum absolute atomic E-state index is 0.607. The van der Waals surface area contributed by atoms with Gasteiger partial charge in [-0.15, -0.1) is 0 Å². The second-order valence-electron chi connectivity index (χ2n) is 3.42. The van der Waals surface area contributed by atoms with Crippen LogP contribution in [0.3, 0.4) is 0 Å². The zero-order chi connectivity index (χ0) is 9.80. The van der Waals surface area contributed by atoms with E-state index in [-0.39, 0.29) is 0 Å². The molecule has 4 N–H and O–H groups in total. The number of hydrogen-bond donors (Lipinski definition) is 3. The van der Waals surface area contributed by atoms with Gasteiger partial charge in [0.15, 0.2) is 0 Å². The molecule has 0 amide bonds. The van der Waals surface area contributed by atoms with Crippen molar-refractivity contribution in [2.75, 3.05) is 23.7 Å². The lowest BCUT2D eigenvalue weighted by atomic mass is 10.5. The molecule has 1 aromatic heterocycles. The predicted octanol–water partition coefficient (Wildman–Crippen LogP) is 0.421. The molecule has 5 nitrogen and oxygen atoms in total. The first-order valence-electron chi connectivity index (χ1n) is 4.91. The van der Waals surface area contributed by atoms with Crippen LogP contribution in [0.25, 0.3) is 0 Å². The highest BCUT2D eigenvalue weighted by molar-refractivity contribution is 5.47. The predicted molar refractivity (Wildman–Crippen MR) is 56.2 cm³/mol. The van der Waals surface area contributed by atoms with E-state index in [1.54, 1.807) is 6.33 Å². The molecular weight excluding hydrogens is 178 g/mol. The van der Waals surface area contributed by atoms with E-state index >= 15 is 0 Å². The molecule has 0 saturated heterocycles. The summed E-state index contributed by atoms with van der Waals surface area (Å²) in [5.41, 5.74) is 5.38. The van der Waals surface area contributed by atoms with Gasteiger partial charge in [0.05, 0.1) is 0 Å². The van der Waals surface area contributed by atoms with Crippen LogP contribution in [-0.2, 0) is 0 Å². The van der Waals surface area contributed by atoms with Crippen LogP contribution in [0.4, 0.5) is 11.6 Å². The van der Waals surface area contributed by atoms with Gasteiger partial charge in [-0.25, -0.2) is 9.97 Å². The van der Waals surface area contributed by atoms with Crippen LogP contribution in [0.5, 0.6) is 0 Å². The first-order chi connectivity index (χ1) is 6.88. The number of nitrogens with two attached hydrogens (primary N) is 1. The molecule has 76 valence electrons. The van der Waals surface area contributed by atoms with Crippen molar-refractivity contribution in [2.24, 2.45) is 5.73 Å². The second kappa shape index (κ2) is 4.23. The molecule has 0 spiro atoms. The Bertz CT molecular complexity index is 297. The highest BCUT2D eigenvalue weighted by atomic mass is 15.1. The third-order valence-corrected chi connectivity index (χ3v) is 2.05. The van der Waals surface area contributed by atoms with Gasteiger partial charge in [-0.3, -0.25) is 0 Å². The van der Waals surface area contributed by atoms with E-state index in [1.165, 1.54) is 12.8 Å². The van der Waals surface area contributed by atoms with Gasteiger partial charge in [0.2, 0.25) is 0 Å². The summed E-state index contributed by atoms with van der Waals surface area (Å²) in [4.78, 5) is 8.22. The molecule has 5 heteroatoms. The zero-order valence-corrected chi connectivity index (χ0v) is 8.03. The maximum absolute atomic E-state index is 5.38. The highest BCUT2D eigenvalue weighted by Gasteiger charge is 2.21. The molecule has 0 radical (unpaired) electrons. The fourth-order valence-corrected chi connectivity index (χ4v) is 1.17. The Morgan fingerprint density at radius 3 is 2.86 bits per heavy atom. The standard InChI is InChI=1S/C9H15N5/c10-3-4-11-8-5-9(13-6-12-8)14-7-1-2-7/h5-7H,1-4,10H2,(H2,11,12,13,14). The molecular formula is C9H15N5. The molecule has 1 saturated carbocycles. The molecule has 14 heavy (non-hydrogen) atoms. The van der Waals surface area contributed by atoms with Crippen molar-refractivity contribution >= 4 is 11.6 Å². The molecule has 1 aliphatic carbocycles. The summed E-state index contributed by atoms with van der Waals surface area (Å²) in [5.74, 6) is 1.72. The molecule has 1 aliphatic rings. The molecule has 2 rings (SSSR count). The fraction of sp³-hybridized carbons (Fsp3) is 0.556. The lowest BCUT2D eigenvalue weighted by Crippen LogP contribution is -2.14. The molecule has 1 fully saturated rings. The van der Waals surface area contributed by atoms with E-state index in [2.05, 4.69) is 20.6 Å². The van der Waals surface area contributed by atoms with Crippen molar-refractivity contribution in [3.63, 3.8) is 0 Å². The van der Waals surface area contributed by atoms with Crippen molar-refractivity contribution in [3.05, 3.63) is 12.4 Å². The van der Waals surface area contributed by atoms with Gasteiger partial charge in [0.1, 0.15) is 18.0 Å². The minimum atomic E-state index is 0.607. The monoisotopic (exact) mass is 193 g/mol. The summed E-state index contributed by atoms with van der Waals surface area (Å²) in [5, 5.41) is 6.42. The highest BCUT2D eigenvalue weighted by Crippen LogP contribution is 2.23. The third kappa shape index (κ3) is 2.56. The van der Waals surface area contributed by atoms with E-state index in [0.717, 1.165) is 18.2 Å². The Balaban J connectivity index is 1.94. The van der Waals surface area contributed by atoms with Crippen LogP contribution in [0.15, 0.2) is 12.4 Å². The average Bonchev–Trinajstić information content (AvgIpc) is 2.99. The summed E-state index contributed by atoms with van der Waals surface area (Å²) in [6.07, 6.45) is 4.05. The van der Waals surface area contributed by atoms with Gasteiger partial charge in [-0.1, -0.05) is 0 Å². The van der Waals surface area contributed by atoms with E-state index < -0.39 is 0 Å². The van der Waals surface area contributed by atoms with Gasteiger partial charge < -0.3 is 16.4 Å². The van der Waals surface area contributed by atoms with Crippen LogP contribution in [-0.4, -0.2) is 29.1 Å². The van der Waals surface area contributed by atoms with Crippen molar-refractivity contribution in [1.82, 2.24) is 9.97 Å². The Morgan fingerprint density at radius 1 is 1.36 bits per heavy atom. The summed E-state index contributed by atoms with van der Waals surface area (Å²) in [7, 11) is 0. The fourth-order valence-electron chi connectivity index (χ4n) is 1.17. The normalized spacial score (nSPS) is 15.2. The smallest absolute Gasteiger partial charge is 0.131 e. The Hall–Kier alpha value is -1.36. The van der Waals surface area contributed by atoms with Gasteiger partial charge in [-0.05, 0) is 12.8 Å². The first kappa shape index (κ1) is 9.21. The largest absolute Gasteiger partial charge is 0.369 e. The average molecular weight is 193 g/mol. The molecule has 0 unspecified atom stereocenters. The molecule has 0 aliphatic heterocycles. The number of rotatable bonds is 5. The quantitative estimate of drug-likeness (QED) is 0.632. The zero-order valence-electron chi connectivity index (χ0n) is 8.03. The van der Waals surface area contributed by atoms with Crippen LogP contribution in [0, 0.1) is 0 Å². The third-order valence-electron chi connectivity index (χ3n) is 2.05. The van der Waals surface area contributed by atoms with Crippen molar-refractivity contribution < 1.29 is 0 Å². The SMILES string of the molecule is NCCNc1cc(NC2CC2)ncn1. The van der Waals surface area contributed by atoms with Gasteiger partial charge in [0, 0.05) is 25.2 Å². The van der Waals surface area contributed by atoms with E-state index in [9.17, 15) is 0 Å². The van der Waals surface area contributed by atoms with Gasteiger partial charge in [0.25, 0.3) is 0 Å². The molecule has 0 aromatic carbocycles. The van der Waals surface area contributed by atoms with Crippen molar-refractivity contribution in [2.45, 2.75) is 18.9 Å². The maximum atomic E-state index is 5.38. The topological polar surface area (TPSA) is 75.9 Å². The maximum Gasteiger partial charge on any atom is 0.131 e. The molecule has 1 heterocycles. The summed E-state index contributed by atoms with van der Waals surface area (Å²) in [6, 6.07) is 2.53. The van der Waals surface area contributed by atoms with Crippen LogP contribution in [0.2, 0.25) is 0 Å². The second-order valence-corrected chi connectivity index (χ2v) is 3.42. The molecule has 1 aromatic rings. The Labute approximate surface area is 83.1 Å². The van der Waals surface area contributed by atoms with Crippen molar-refractivity contribution in [3.8, 4) is 0 Å². The van der Waals surface area contributed by atoms with Crippen LogP contribution >= 0.6 is 0 Å². The first-order valence-corrected chi connectivity index (χ1v) is 4.91. The van der Waals surface area contributed by atoms with E-state index in [0.29, 0.717) is 12.6 Å². The van der Waals surface area contributed by atoms with Crippen molar-refractivity contribution in [1.29, 1.82) is 0 Å². The van der Waals surface area contributed by atoms with Gasteiger partial charge in [-0.2, -0.15) is 0 Å². The molecule has 0 bridgehead atoms. The van der Waals surface area contributed by atoms with E-state index in [4.69, 9.17) is 5.73 Å². The number of hydrogen-bond acceptors (Lipinski definition) is 5. The summed E-state index contributed by atoms with van der Waals surface area (Å²) in [6.45, 7) is 1.34. The lowest BCUT2D eigenvalue weighted by Gasteiger charge is -2.06. The summed E-state index contributed by atoms with van der Waals surface area (Å²) < 4.78 is 0. The Morgan fingerprint density at radius 2 is 2.14 bits per heavy atom. The minimum Gasteiger partial charge on any atom is -0.369 e. The number of aromatic nitrogens is 2.